The van der Waals surface area contributed by atoms with Crippen LogP contribution in [0, 0.1) is 0 Å². The molecule has 2 nitrogen and oxygen atoms in total. The minimum atomic E-state index is -0.663. The summed E-state index contributed by atoms with van der Waals surface area (Å²) < 4.78 is 0. The SMILES string of the molecule is O[C@@]1(c2ccccc2)CCC[C@H](NCCc2ccccc2)C1. The zero-order chi connectivity index (χ0) is 15.3. The number of nitrogens with one attached hydrogen (secondary N) is 1. The predicted octanol–water partition coefficient (Wildman–Crippen LogP) is 3.65. The highest BCUT2D eigenvalue weighted by atomic mass is 16.3. The van der Waals surface area contributed by atoms with Crippen molar-refractivity contribution in [3.8, 4) is 0 Å². The first-order valence-electron chi connectivity index (χ1n) is 8.31. The van der Waals surface area contributed by atoms with Crippen molar-refractivity contribution in [3.05, 3.63) is 71.8 Å². The van der Waals surface area contributed by atoms with Crippen molar-refractivity contribution in [1.82, 2.24) is 5.32 Å². The molecule has 1 aliphatic carbocycles. The maximum absolute atomic E-state index is 11.0. The second-order valence-corrected chi connectivity index (χ2v) is 6.38. The van der Waals surface area contributed by atoms with E-state index < -0.39 is 5.60 Å². The molecule has 2 aromatic rings. The molecule has 22 heavy (non-hydrogen) atoms. The molecule has 3 rings (SSSR count). The molecule has 2 N–H and O–H groups in total. The Morgan fingerprint density at radius 3 is 2.41 bits per heavy atom. The van der Waals surface area contributed by atoms with Gasteiger partial charge in [0.2, 0.25) is 0 Å². The second kappa shape index (κ2) is 7.08. The second-order valence-electron chi connectivity index (χ2n) is 6.38. The van der Waals surface area contributed by atoms with Crippen LogP contribution in [0.5, 0.6) is 0 Å². The van der Waals surface area contributed by atoms with Gasteiger partial charge in [-0.3, -0.25) is 0 Å². The van der Waals surface area contributed by atoms with Gasteiger partial charge in [-0.05, 0) is 49.8 Å². The Balaban J connectivity index is 1.55. The van der Waals surface area contributed by atoms with Gasteiger partial charge in [0.1, 0.15) is 0 Å². The van der Waals surface area contributed by atoms with E-state index in [1.807, 2.05) is 30.3 Å². The average Bonchev–Trinajstić information content (AvgIpc) is 2.57. The first kappa shape index (κ1) is 15.3. The van der Waals surface area contributed by atoms with Crippen LogP contribution >= 0.6 is 0 Å². The van der Waals surface area contributed by atoms with Crippen LogP contribution in [0.15, 0.2) is 60.7 Å². The molecule has 2 aromatic carbocycles. The van der Waals surface area contributed by atoms with E-state index in [4.69, 9.17) is 0 Å². The summed E-state index contributed by atoms with van der Waals surface area (Å²) in [6.45, 7) is 0.972. The van der Waals surface area contributed by atoms with E-state index in [0.29, 0.717) is 6.04 Å². The number of benzene rings is 2. The lowest BCUT2D eigenvalue weighted by Crippen LogP contribution is -2.42. The van der Waals surface area contributed by atoms with Crippen LogP contribution < -0.4 is 5.32 Å². The van der Waals surface area contributed by atoms with E-state index in [2.05, 4.69) is 35.6 Å². The third kappa shape index (κ3) is 3.76. The van der Waals surface area contributed by atoms with Gasteiger partial charge in [-0.25, -0.2) is 0 Å². The van der Waals surface area contributed by atoms with Crippen molar-refractivity contribution < 1.29 is 5.11 Å². The Morgan fingerprint density at radius 2 is 1.68 bits per heavy atom. The molecule has 2 heteroatoms. The molecule has 0 aliphatic heterocycles. The van der Waals surface area contributed by atoms with Gasteiger partial charge in [0.15, 0.2) is 0 Å². The minimum Gasteiger partial charge on any atom is -0.385 e. The Morgan fingerprint density at radius 1 is 1.00 bits per heavy atom. The fraction of sp³-hybridized carbons (Fsp3) is 0.400. The Bertz CT molecular complexity index is 569. The van der Waals surface area contributed by atoms with Gasteiger partial charge in [0.05, 0.1) is 5.60 Å². The zero-order valence-corrected chi connectivity index (χ0v) is 13.0. The molecule has 1 fully saturated rings. The molecule has 0 spiro atoms. The number of hydrogen-bond acceptors (Lipinski definition) is 2. The normalized spacial score (nSPS) is 25.0. The topological polar surface area (TPSA) is 32.3 Å². The van der Waals surface area contributed by atoms with Crippen molar-refractivity contribution in [3.63, 3.8) is 0 Å². The highest BCUT2D eigenvalue weighted by Gasteiger charge is 2.35. The quantitative estimate of drug-likeness (QED) is 0.882. The number of hydrogen-bond donors (Lipinski definition) is 2. The molecule has 2 atom stereocenters. The fourth-order valence-electron chi connectivity index (χ4n) is 3.50. The van der Waals surface area contributed by atoms with Crippen molar-refractivity contribution >= 4 is 0 Å². The van der Waals surface area contributed by atoms with Gasteiger partial charge in [-0.1, -0.05) is 60.7 Å². The monoisotopic (exact) mass is 295 g/mol. The van der Waals surface area contributed by atoms with Gasteiger partial charge in [0.25, 0.3) is 0 Å². The molecule has 1 aliphatic rings. The van der Waals surface area contributed by atoms with Crippen LogP contribution in [0.1, 0.15) is 36.8 Å². The van der Waals surface area contributed by atoms with E-state index in [1.54, 1.807) is 0 Å². The third-order valence-electron chi connectivity index (χ3n) is 4.73. The summed E-state index contributed by atoms with van der Waals surface area (Å²) in [5.74, 6) is 0. The molecule has 0 amide bonds. The molecule has 0 unspecified atom stereocenters. The largest absolute Gasteiger partial charge is 0.385 e. The maximum Gasteiger partial charge on any atom is 0.0911 e. The molecule has 0 radical (unpaired) electrons. The first-order chi connectivity index (χ1) is 10.8. The average molecular weight is 295 g/mol. The summed E-state index contributed by atoms with van der Waals surface area (Å²) in [5.41, 5.74) is 1.76. The van der Waals surface area contributed by atoms with Gasteiger partial charge >= 0.3 is 0 Å². The summed E-state index contributed by atoms with van der Waals surface area (Å²) in [7, 11) is 0. The van der Waals surface area contributed by atoms with E-state index in [9.17, 15) is 5.11 Å². The maximum atomic E-state index is 11.0. The lowest BCUT2D eigenvalue weighted by atomic mass is 9.77. The summed E-state index contributed by atoms with van der Waals surface area (Å²) in [6.07, 6.45) is 4.96. The predicted molar refractivity (Wildman–Crippen MR) is 90.7 cm³/mol. The lowest BCUT2D eigenvalue weighted by Gasteiger charge is -2.37. The Kier molecular flexibility index (Phi) is 4.91. The minimum absolute atomic E-state index is 0.405. The van der Waals surface area contributed by atoms with Crippen LogP contribution in [0.4, 0.5) is 0 Å². The van der Waals surface area contributed by atoms with Gasteiger partial charge in [-0.2, -0.15) is 0 Å². The van der Waals surface area contributed by atoms with Gasteiger partial charge in [-0.15, -0.1) is 0 Å². The molecule has 116 valence electrons. The fourth-order valence-corrected chi connectivity index (χ4v) is 3.50. The molecule has 0 heterocycles. The van der Waals surface area contributed by atoms with Crippen molar-refractivity contribution in [2.75, 3.05) is 6.54 Å². The van der Waals surface area contributed by atoms with E-state index in [0.717, 1.165) is 44.2 Å². The summed E-state index contributed by atoms with van der Waals surface area (Å²) in [5, 5.41) is 14.6. The summed E-state index contributed by atoms with van der Waals surface area (Å²) >= 11 is 0. The van der Waals surface area contributed by atoms with Crippen molar-refractivity contribution in [1.29, 1.82) is 0 Å². The number of aliphatic hydroxyl groups is 1. The summed E-state index contributed by atoms with van der Waals surface area (Å²) in [6, 6.07) is 21.1. The lowest BCUT2D eigenvalue weighted by molar-refractivity contribution is -0.0122. The van der Waals surface area contributed by atoms with Crippen LogP contribution in [0.2, 0.25) is 0 Å². The van der Waals surface area contributed by atoms with E-state index >= 15 is 0 Å². The molecule has 0 bridgehead atoms. The van der Waals surface area contributed by atoms with Crippen LogP contribution in [0.3, 0.4) is 0 Å². The standard InChI is InChI=1S/C20H25NO/c22-20(18-10-5-2-6-11-18)14-7-12-19(16-20)21-15-13-17-8-3-1-4-9-17/h1-6,8-11,19,21-22H,7,12-16H2/t19-,20-/m0/s1. The van der Waals surface area contributed by atoms with Crippen LogP contribution in [0.25, 0.3) is 0 Å². The van der Waals surface area contributed by atoms with Crippen molar-refractivity contribution in [2.45, 2.75) is 43.7 Å². The van der Waals surface area contributed by atoms with Crippen LogP contribution in [-0.2, 0) is 12.0 Å². The smallest absolute Gasteiger partial charge is 0.0911 e. The molecule has 0 saturated heterocycles. The van der Waals surface area contributed by atoms with Crippen LogP contribution in [-0.4, -0.2) is 17.7 Å². The van der Waals surface area contributed by atoms with E-state index in [1.165, 1.54) is 5.56 Å². The summed E-state index contributed by atoms with van der Waals surface area (Å²) in [4.78, 5) is 0. The van der Waals surface area contributed by atoms with Gasteiger partial charge in [0, 0.05) is 6.04 Å². The van der Waals surface area contributed by atoms with E-state index in [-0.39, 0.29) is 0 Å². The van der Waals surface area contributed by atoms with Crippen molar-refractivity contribution in [2.24, 2.45) is 0 Å². The molecule has 0 aromatic heterocycles. The highest BCUT2D eigenvalue weighted by molar-refractivity contribution is 5.23. The Hall–Kier alpha value is -1.64. The third-order valence-corrected chi connectivity index (χ3v) is 4.73. The Labute approximate surface area is 133 Å². The molecular formula is C20H25NO. The molecular weight excluding hydrogens is 270 g/mol. The van der Waals surface area contributed by atoms with Gasteiger partial charge < -0.3 is 10.4 Å². The highest BCUT2D eigenvalue weighted by Crippen LogP contribution is 2.36. The molecule has 1 saturated carbocycles. The first-order valence-corrected chi connectivity index (χ1v) is 8.31. The number of rotatable bonds is 5. The zero-order valence-electron chi connectivity index (χ0n) is 13.0.